The van der Waals surface area contributed by atoms with Crippen LogP contribution in [-0.4, -0.2) is 122 Å². The zero-order valence-corrected chi connectivity index (χ0v) is 39.3. The van der Waals surface area contributed by atoms with Crippen molar-refractivity contribution in [2.75, 3.05) is 6.54 Å². The van der Waals surface area contributed by atoms with E-state index in [0.29, 0.717) is 18.5 Å². The second kappa shape index (κ2) is 25.9. The summed E-state index contributed by atoms with van der Waals surface area (Å²) in [5.41, 5.74) is 7.74. The van der Waals surface area contributed by atoms with Gasteiger partial charge in [-0.15, -0.1) is 0 Å². The third-order valence-corrected chi connectivity index (χ3v) is 11.4. The molecule has 3 aromatic rings. The third kappa shape index (κ3) is 17.3. The topological polar surface area (TPSA) is 287 Å². The fraction of sp³-hybridized carbons (Fsp3) is 0.521. The van der Waals surface area contributed by atoms with Crippen LogP contribution in [0.25, 0.3) is 0 Å². The highest BCUT2D eigenvalue weighted by atomic mass is 16.3. The third-order valence-electron chi connectivity index (χ3n) is 11.4. The van der Waals surface area contributed by atoms with E-state index in [4.69, 9.17) is 5.73 Å². The fourth-order valence-corrected chi connectivity index (χ4v) is 8.03. The summed E-state index contributed by atoms with van der Waals surface area (Å²) in [5, 5.41) is 27.7. The van der Waals surface area contributed by atoms with Gasteiger partial charge < -0.3 is 52.6 Å². The summed E-state index contributed by atoms with van der Waals surface area (Å²) in [5.74, 6) is -4.89. The fourth-order valence-electron chi connectivity index (χ4n) is 8.03. The molecule has 19 nitrogen and oxygen atoms in total. The summed E-state index contributed by atoms with van der Waals surface area (Å²) in [4.78, 5) is 115. The van der Waals surface area contributed by atoms with Gasteiger partial charge in [-0.1, -0.05) is 88.4 Å². The molecule has 364 valence electrons. The number of hydrogen-bond donors (Lipinski definition) is 9. The van der Waals surface area contributed by atoms with Crippen LogP contribution in [0.1, 0.15) is 90.5 Å². The lowest BCUT2D eigenvalue weighted by Gasteiger charge is -2.30. The number of carbonyl (C=O) groups excluding carboxylic acids is 8. The Hall–Kier alpha value is -6.63. The van der Waals surface area contributed by atoms with E-state index in [1.165, 1.54) is 25.1 Å². The smallest absolute Gasteiger partial charge is 0.246 e. The maximum Gasteiger partial charge on any atom is 0.246 e. The highest BCUT2D eigenvalue weighted by Gasteiger charge is 2.39. The molecule has 67 heavy (non-hydrogen) atoms. The van der Waals surface area contributed by atoms with Crippen LogP contribution in [0.15, 0.2) is 73.2 Å². The molecule has 19 heteroatoms. The number of hydrogen-bond acceptors (Lipinski definition) is 10. The number of aliphatic hydroxyl groups is 1. The molecule has 4 rings (SSSR count). The Morgan fingerprint density at radius 1 is 0.716 bits per heavy atom. The molecule has 1 aliphatic rings. The Morgan fingerprint density at radius 3 is 1.87 bits per heavy atom. The molecule has 1 saturated heterocycles. The number of aliphatic hydroxyl groups excluding tert-OH is 1. The van der Waals surface area contributed by atoms with Crippen molar-refractivity contribution < 1.29 is 43.5 Å². The van der Waals surface area contributed by atoms with E-state index >= 15 is 0 Å². The maximum absolute atomic E-state index is 14.0. The Bertz CT molecular complexity index is 2120. The van der Waals surface area contributed by atoms with E-state index in [1.54, 1.807) is 54.7 Å². The van der Waals surface area contributed by atoms with E-state index in [9.17, 15) is 43.5 Å². The summed E-state index contributed by atoms with van der Waals surface area (Å²) >= 11 is 0. The molecule has 2 heterocycles. The molecular formula is C48H68N10O9. The molecule has 0 saturated carbocycles. The number of nitrogens with one attached hydrogen (secondary N) is 7. The second-order valence-electron chi connectivity index (χ2n) is 18.1. The molecular weight excluding hydrogens is 861 g/mol. The first-order chi connectivity index (χ1) is 31.8. The highest BCUT2D eigenvalue weighted by Crippen LogP contribution is 2.21. The lowest BCUT2D eigenvalue weighted by atomic mass is 9.96. The zero-order valence-electron chi connectivity index (χ0n) is 39.3. The largest absolute Gasteiger partial charge is 0.390 e. The molecule has 8 amide bonds. The summed E-state index contributed by atoms with van der Waals surface area (Å²) in [6, 6.07) is 10.7. The number of aromatic amines is 1. The van der Waals surface area contributed by atoms with Crippen molar-refractivity contribution in [3.05, 3.63) is 90.0 Å². The number of H-pyrrole nitrogens is 1. The van der Waals surface area contributed by atoms with E-state index in [2.05, 4.69) is 41.9 Å². The normalized spacial score (nSPS) is 16.7. The number of nitrogens with two attached hydrogens (primary N) is 1. The van der Waals surface area contributed by atoms with E-state index in [0.717, 1.165) is 11.1 Å². The van der Waals surface area contributed by atoms with Gasteiger partial charge >= 0.3 is 0 Å². The first-order valence-electron chi connectivity index (χ1n) is 22.9. The summed E-state index contributed by atoms with van der Waals surface area (Å²) in [7, 11) is 0. The predicted molar refractivity (Wildman–Crippen MR) is 249 cm³/mol. The Labute approximate surface area is 391 Å². The van der Waals surface area contributed by atoms with Gasteiger partial charge in [-0.2, -0.15) is 0 Å². The van der Waals surface area contributed by atoms with E-state index in [1.807, 2.05) is 39.8 Å². The predicted octanol–water partition coefficient (Wildman–Crippen LogP) is 0.706. The van der Waals surface area contributed by atoms with Crippen LogP contribution in [-0.2, 0) is 57.6 Å². The van der Waals surface area contributed by atoms with Crippen molar-refractivity contribution >= 4 is 47.3 Å². The number of aromatic nitrogens is 2. The van der Waals surface area contributed by atoms with E-state index in [-0.39, 0.29) is 50.5 Å². The number of likely N-dealkylation sites (tertiary alicyclic amines) is 1. The van der Waals surface area contributed by atoms with Crippen LogP contribution in [0, 0.1) is 11.8 Å². The zero-order chi connectivity index (χ0) is 49.2. The quantitative estimate of drug-likeness (QED) is 0.0574. The molecule has 1 aromatic heterocycles. The molecule has 0 unspecified atom stereocenters. The average Bonchev–Trinajstić information content (AvgIpc) is 3.98. The number of primary amides is 1. The standard InChI is InChI=1S/C48H68N10O9/c1-28(2)20-35(41(60)25-42(61)54-37(21-29(3)4)46(65)56-36(43(49)62)22-32-14-9-7-10-15-32)55-44(63)30(5)52-45(64)38(23-33-16-11-8-12-17-33)57-47(66)40-18-13-19-58(40)48(67)39(53-31(6)59)24-34-26-50-27-51-34/h7-12,14-17,26-30,35-41,60H,13,18-25H2,1-6H3,(H2,49,62)(H,50,51)(H,52,64)(H,53,59)(H,54,61)(H,55,63)(H,56,65)(H,57,66)/t30-,35+,36+,37+,38+,39+,40-,41+/m1/s1. The van der Waals surface area contributed by atoms with Gasteiger partial charge in [0.15, 0.2) is 0 Å². The van der Waals surface area contributed by atoms with Gasteiger partial charge in [0.1, 0.15) is 36.3 Å². The number of carbonyl (C=O) groups is 8. The van der Waals surface area contributed by atoms with Gasteiger partial charge in [-0.3, -0.25) is 38.4 Å². The Kier molecular flexibility index (Phi) is 20.5. The van der Waals surface area contributed by atoms with E-state index < -0.39 is 102 Å². The molecule has 1 fully saturated rings. The van der Waals surface area contributed by atoms with Crippen molar-refractivity contribution in [1.29, 1.82) is 0 Å². The van der Waals surface area contributed by atoms with Crippen LogP contribution in [0.5, 0.6) is 0 Å². The Morgan fingerprint density at radius 2 is 1.31 bits per heavy atom. The molecule has 0 aliphatic carbocycles. The first kappa shape index (κ1) is 53.0. The van der Waals surface area contributed by atoms with Crippen molar-refractivity contribution in [1.82, 2.24) is 46.8 Å². The molecule has 10 N–H and O–H groups in total. The van der Waals surface area contributed by atoms with Crippen molar-refractivity contribution in [3.63, 3.8) is 0 Å². The van der Waals surface area contributed by atoms with Gasteiger partial charge in [-0.25, -0.2) is 4.98 Å². The maximum atomic E-state index is 14.0. The number of benzene rings is 2. The number of rotatable bonds is 25. The second-order valence-corrected chi connectivity index (χ2v) is 18.1. The molecule has 8 atom stereocenters. The molecule has 2 aromatic carbocycles. The number of imidazole rings is 1. The minimum atomic E-state index is -1.40. The minimum absolute atomic E-state index is 0.0404. The van der Waals surface area contributed by atoms with Crippen molar-refractivity contribution in [2.24, 2.45) is 17.6 Å². The van der Waals surface area contributed by atoms with Gasteiger partial charge in [0.25, 0.3) is 0 Å². The van der Waals surface area contributed by atoms with Crippen molar-refractivity contribution in [2.45, 2.75) is 141 Å². The Balaban J connectivity index is 1.42. The lowest BCUT2D eigenvalue weighted by molar-refractivity contribution is -0.142. The minimum Gasteiger partial charge on any atom is -0.390 e. The van der Waals surface area contributed by atoms with Crippen molar-refractivity contribution in [3.8, 4) is 0 Å². The summed E-state index contributed by atoms with van der Waals surface area (Å²) < 4.78 is 0. The van der Waals surface area contributed by atoms with Gasteiger partial charge in [0, 0.05) is 44.6 Å². The number of nitrogens with zero attached hydrogens (tertiary/aromatic N) is 2. The monoisotopic (exact) mass is 929 g/mol. The molecule has 0 bridgehead atoms. The first-order valence-corrected chi connectivity index (χ1v) is 22.9. The summed E-state index contributed by atoms with van der Waals surface area (Å²) in [6.07, 6.45) is 2.76. The van der Waals surface area contributed by atoms with Crippen LogP contribution >= 0.6 is 0 Å². The average molecular weight is 929 g/mol. The van der Waals surface area contributed by atoms with Gasteiger partial charge in [0.05, 0.1) is 24.9 Å². The number of amides is 8. The SMILES string of the molecule is CC(=O)N[C@@H](Cc1cnc[nH]1)C(=O)N1CCC[C@@H]1C(=O)N[C@@H](Cc1ccccc1)C(=O)N[C@H](C)C(=O)N[C@@H](CC(C)C)[C@@H](O)CC(=O)N[C@@H](CC(C)C)C(=O)N[C@@H](Cc1ccccc1)C(N)=O. The molecule has 0 spiro atoms. The highest BCUT2D eigenvalue weighted by molar-refractivity contribution is 5.96. The van der Waals surface area contributed by atoms with Crippen LogP contribution in [0.2, 0.25) is 0 Å². The van der Waals surface area contributed by atoms with Crippen LogP contribution < -0.4 is 37.6 Å². The molecule has 0 radical (unpaired) electrons. The lowest BCUT2D eigenvalue weighted by Crippen LogP contribution is -2.59. The van der Waals surface area contributed by atoms with Gasteiger partial charge in [-0.05, 0) is 55.6 Å². The van der Waals surface area contributed by atoms with Gasteiger partial charge in [0.2, 0.25) is 47.3 Å². The molecule has 1 aliphatic heterocycles. The summed E-state index contributed by atoms with van der Waals surface area (Å²) in [6.45, 7) is 10.5. The van der Waals surface area contributed by atoms with Crippen LogP contribution in [0.4, 0.5) is 0 Å². The van der Waals surface area contributed by atoms with Crippen LogP contribution in [0.3, 0.4) is 0 Å².